The molecule has 3 rings (SSSR count). The highest BCUT2D eigenvalue weighted by molar-refractivity contribution is 5.80. The van der Waals surface area contributed by atoms with E-state index in [1.165, 1.54) is 16.8 Å². The fourth-order valence-electron chi connectivity index (χ4n) is 4.56. The van der Waals surface area contributed by atoms with Gasteiger partial charge < -0.3 is 15.0 Å². The maximum Gasteiger partial charge on any atom is 0.194 e. The van der Waals surface area contributed by atoms with Crippen LogP contribution in [0.1, 0.15) is 48.8 Å². The third kappa shape index (κ3) is 5.90. The van der Waals surface area contributed by atoms with E-state index in [9.17, 15) is 0 Å². The van der Waals surface area contributed by atoms with Crippen molar-refractivity contribution in [3.8, 4) is 0 Å². The van der Waals surface area contributed by atoms with Gasteiger partial charge in [0.2, 0.25) is 0 Å². The van der Waals surface area contributed by atoms with Crippen LogP contribution in [0.3, 0.4) is 0 Å². The first kappa shape index (κ1) is 24.3. The number of piperazine rings is 1. The molecule has 0 spiro atoms. The summed E-state index contributed by atoms with van der Waals surface area (Å²) in [6.45, 7) is 15.6. The molecule has 1 atom stereocenters. The Bertz CT molecular complexity index is 855. The molecule has 1 fully saturated rings. The Balaban J connectivity index is 1.65. The molecule has 0 radical (unpaired) electrons. The molecular formula is C25H40N6O. The van der Waals surface area contributed by atoms with E-state index in [1.54, 1.807) is 7.11 Å². The Morgan fingerprint density at radius 3 is 2.47 bits per heavy atom. The van der Waals surface area contributed by atoms with Gasteiger partial charge in [0.25, 0.3) is 0 Å². The molecule has 176 valence electrons. The number of nitrogens with zero attached hydrogens (tertiary/aromatic N) is 5. The fourth-order valence-corrected chi connectivity index (χ4v) is 4.56. The summed E-state index contributed by atoms with van der Waals surface area (Å²) in [7, 11) is 1.72. The number of methoxy groups -OCH3 is 1. The smallest absolute Gasteiger partial charge is 0.194 e. The van der Waals surface area contributed by atoms with E-state index in [1.807, 2.05) is 4.68 Å². The van der Waals surface area contributed by atoms with Crippen LogP contribution in [0.5, 0.6) is 0 Å². The van der Waals surface area contributed by atoms with E-state index in [-0.39, 0.29) is 0 Å². The van der Waals surface area contributed by atoms with E-state index < -0.39 is 0 Å². The average molecular weight is 441 g/mol. The van der Waals surface area contributed by atoms with Gasteiger partial charge in [-0.15, -0.1) is 0 Å². The molecule has 1 aromatic heterocycles. The lowest BCUT2D eigenvalue weighted by atomic mass is 10.0. The normalized spacial score (nSPS) is 16.4. The molecular weight excluding hydrogens is 400 g/mol. The zero-order valence-electron chi connectivity index (χ0n) is 20.5. The van der Waals surface area contributed by atoms with Crippen LogP contribution in [0.15, 0.2) is 35.3 Å². The second-order valence-corrected chi connectivity index (χ2v) is 8.39. The third-order valence-electron chi connectivity index (χ3n) is 6.39. The summed E-state index contributed by atoms with van der Waals surface area (Å²) in [4.78, 5) is 10.0. The average Bonchev–Trinajstić information content (AvgIpc) is 3.09. The molecule has 1 aliphatic heterocycles. The molecule has 7 nitrogen and oxygen atoms in total. The highest BCUT2D eigenvalue weighted by Crippen LogP contribution is 2.25. The van der Waals surface area contributed by atoms with Crippen molar-refractivity contribution >= 4 is 5.96 Å². The van der Waals surface area contributed by atoms with Crippen molar-refractivity contribution < 1.29 is 4.74 Å². The number of rotatable bonds is 9. The predicted molar refractivity (Wildman–Crippen MR) is 131 cm³/mol. The zero-order chi connectivity index (χ0) is 22.9. The first-order valence-corrected chi connectivity index (χ1v) is 11.9. The minimum absolute atomic E-state index is 0.487. The summed E-state index contributed by atoms with van der Waals surface area (Å²) in [5, 5.41) is 8.18. The number of hydrogen-bond donors (Lipinski definition) is 1. The van der Waals surface area contributed by atoms with Crippen molar-refractivity contribution in [3.63, 3.8) is 0 Å². The van der Waals surface area contributed by atoms with E-state index >= 15 is 0 Å². The van der Waals surface area contributed by atoms with Crippen molar-refractivity contribution in [2.75, 3.05) is 46.4 Å². The summed E-state index contributed by atoms with van der Waals surface area (Å²) in [5.41, 5.74) is 4.86. The van der Waals surface area contributed by atoms with Gasteiger partial charge in [-0.25, -0.2) is 4.99 Å². The van der Waals surface area contributed by atoms with Gasteiger partial charge in [-0.05, 0) is 32.8 Å². The monoisotopic (exact) mass is 440 g/mol. The van der Waals surface area contributed by atoms with Gasteiger partial charge in [0, 0.05) is 57.1 Å². The molecule has 0 saturated carbocycles. The van der Waals surface area contributed by atoms with Crippen molar-refractivity contribution in [1.29, 1.82) is 0 Å². The minimum Gasteiger partial charge on any atom is -0.383 e. The summed E-state index contributed by atoms with van der Waals surface area (Å²) in [6, 6.07) is 11.4. The number of guanidine groups is 1. The van der Waals surface area contributed by atoms with E-state index in [4.69, 9.17) is 9.73 Å². The number of aliphatic imine (C=N–C) groups is 1. The highest BCUT2D eigenvalue weighted by atomic mass is 16.5. The van der Waals surface area contributed by atoms with Crippen molar-refractivity contribution in [2.45, 2.75) is 53.2 Å². The number of aromatic nitrogens is 2. The Kier molecular flexibility index (Phi) is 9.11. The van der Waals surface area contributed by atoms with Crippen LogP contribution >= 0.6 is 0 Å². The zero-order valence-corrected chi connectivity index (χ0v) is 20.5. The maximum absolute atomic E-state index is 5.21. The fraction of sp³-hybridized carbons (Fsp3) is 0.600. The number of hydrogen-bond acceptors (Lipinski definition) is 4. The van der Waals surface area contributed by atoms with Crippen LogP contribution in [0.25, 0.3) is 0 Å². The molecule has 2 heterocycles. The number of aryl methyl sites for hydroxylation is 1. The minimum atomic E-state index is 0.487. The Morgan fingerprint density at radius 2 is 1.84 bits per heavy atom. The standard InChI is InChI=1S/C25H40N6O/c1-6-24(22-11-9-8-10-12-22)29-13-15-30(16-14-29)25(26-7-2)27-19-23-20(3)28-31(21(23)4)17-18-32-5/h8-12,24H,6-7,13-19H2,1-5H3,(H,26,27). The Morgan fingerprint density at radius 1 is 1.12 bits per heavy atom. The summed E-state index contributed by atoms with van der Waals surface area (Å²) in [6.07, 6.45) is 1.13. The SMILES string of the molecule is CCNC(=NCc1c(C)nn(CCOC)c1C)N1CCN(C(CC)c2ccccc2)CC1. The van der Waals surface area contributed by atoms with Crippen molar-refractivity contribution in [2.24, 2.45) is 4.99 Å². The van der Waals surface area contributed by atoms with Crippen LogP contribution in [-0.4, -0.2) is 72.0 Å². The highest BCUT2D eigenvalue weighted by Gasteiger charge is 2.25. The number of ether oxygens (including phenoxy) is 1. The molecule has 1 saturated heterocycles. The van der Waals surface area contributed by atoms with Crippen molar-refractivity contribution in [3.05, 3.63) is 52.8 Å². The predicted octanol–water partition coefficient (Wildman–Crippen LogP) is 3.38. The maximum atomic E-state index is 5.21. The van der Waals surface area contributed by atoms with Gasteiger partial charge in [0.05, 0.1) is 25.4 Å². The van der Waals surface area contributed by atoms with Gasteiger partial charge in [-0.3, -0.25) is 9.58 Å². The van der Waals surface area contributed by atoms with Crippen LogP contribution < -0.4 is 5.32 Å². The molecule has 1 unspecified atom stereocenters. The molecule has 1 aliphatic rings. The molecule has 0 aliphatic carbocycles. The topological polar surface area (TPSA) is 57.9 Å². The van der Waals surface area contributed by atoms with Gasteiger partial charge in [0.15, 0.2) is 5.96 Å². The molecule has 7 heteroatoms. The first-order chi connectivity index (χ1) is 15.6. The molecule has 32 heavy (non-hydrogen) atoms. The Hall–Kier alpha value is -2.38. The van der Waals surface area contributed by atoms with E-state index in [0.29, 0.717) is 19.2 Å². The van der Waals surface area contributed by atoms with Crippen molar-refractivity contribution in [1.82, 2.24) is 24.9 Å². The lowest BCUT2D eigenvalue weighted by molar-refractivity contribution is 0.127. The Labute approximate surface area is 193 Å². The largest absolute Gasteiger partial charge is 0.383 e. The van der Waals surface area contributed by atoms with Crippen LogP contribution in [0.2, 0.25) is 0 Å². The summed E-state index contributed by atoms with van der Waals surface area (Å²) >= 11 is 0. The van der Waals surface area contributed by atoms with E-state index in [0.717, 1.165) is 57.3 Å². The summed E-state index contributed by atoms with van der Waals surface area (Å²) in [5.74, 6) is 1.00. The lowest BCUT2D eigenvalue weighted by Gasteiger charge is -2.40. The lowest BCUT2D eigenvalue weighted by Crippen LogP contribution is -2.53. The van der Waals surface area contributed by atoms with Crippen LogP contribution in [0.4, 0.5) is 0 Å². The molecule has 1 aromatic carbocycles. The molecule has 2 aromatic rings. The number of nitrogens with one attached hydrogen (secondary N) is 1. The molecule has 0 bridgehead atoms. The third-order valence-corrected chi connectivity index (χ3v) is 6.39. The summed E-state index contributed by atoms with van der Waals surface area (Å²) < 4.78 is 7.24. The first-order valence-electron chi connectivity index (χ1n) is 11.9. The van der Waals surface area contributed by atoms with Gasteiger partial charge in [-0.2, -0.15) is 5.10 Å². The molecule has 1 N–H and O–H groups in total. The second kappa shape index (κ2) is 12.0. The van der Waals surface area contributed by atoms with Gasteiger partial charge in [-0.1, -0.05) is 37.3 Å². The van der Waals surface area contributed by atoms with Gasteiger partial charge >= 0.3 is 0 Å². The molecule has 0 amide bonds. The number of benzene rings is 1. The van der Waals surface area contributed by atoms with Gasteiger partial charge in [0.1, 0.15) is 0 Å². The quantitative estimate of drug-likeness (QED) is 0.479. The van der Waals surface area contributed by atoms with Crippen LogP contribution in [0, 0.1) is 13.8 Å². The second-order valence-electron chi connectivity index (χ2n) is 8.39. The van der Waals surface area contributed by atoms with E-state index in [2.05, 4.69) is 78.2 Å². The van der Waals surface area contributed by atoms with Crippen LogP contribution in [-0.2, 0) is 17.8 Å².